The molecule has 0 spiro atoms. The van der Waals surface area contributed by atoms with Gasteiger partial charge in [-0.3, -0.25) is 25.0 Å². The second-order valence-electron chi connectivity index (χ2n) is 7.46. The number of allylic oxidation sites excluding steroid dienone is 1. The number of carbonyl (C=O) groups is 2. The molecule has 2 unspecified atom stereocenters. The third-order valence-corrected chi connectivity index (χ3v) is 5.36. The highest BCUT2D eigenvalue weighted by molar-refractivity contribution is 6.04. The number of methoxy groups -OCH3 is 1. The van der Waals surface area contributed by atoms with Crippen molar-refractivity contribution in [1.29, 1.82) is 0 Å². The molecule has 0 saturated carbocycles. The monoisotopic (exact) mass is 453 g/mol. The molecule has 0 aliphatic carbocycles. The fourth-order valence-corrected chi connectivity index (χ4v) is 3.81. The Bertz CT molecular complexity index is 1170. The number of amides is 1. The van der Waals surface area contributed by atoms with Crippen molar-refractivity contribution in [2.75, 3.05) is 19.1 Å². The van der Waals surface area contributed by atoms with Gasteiger partial charge in [-0.1, -0.05) is 19.1 Å². The van der Waals surface area contributed by atoms with E-state index in [-0.39, 0.29) is 19.0 Å². The van der Waals surface area contributed by atoms with E-state index in [1.165, 1.54) is 11.7 Å². The van der Waals surface area contributed by atoms with Crippen LogP contribution in [0.2, 0.25) is 0 Å². The van der Waals surface area contributed by atoms with Crippen LogP contribution < -0.4 is 21.3 Å². The topological polar surface area (TPSA) is 124 Å². The van der Waals surface area contributed by atoms with E-state index in [1.807, 2.05) is 6.92 Å². The Kier molecular flexibility index (Phi) is 7.27. The van der Waals surface area contributed by atoms with Crippen LogP contribution in [0.1, 0.15) is 42.6 Å². The first-order valence-corrected chi connectivity index (χ1v) is 10.5. The summed E-state index contributed by atoms with van der Waals surface area (Å²) in [6.45, 7) is 9.40. The summed E-state index contributed by atoms with van der Waals surface area (Å²) in [4.78, 5) is 46.6. The van der Waals surface area contributed by atoms with Crippen LogP contribution in [0.5, 0.6) is 5.75 Å². The number of ether oxygens (including phenoxy) is 2. The molecule has 2 heterocycles. The number of rotatable bonds is 8. The van der Waals surface area contributed by atoms with Crippen molar-refractivity contribution in [2.24, 2.45) is 10.9 Å². The molecule has 10 heteroatoms. The van der Waals surface area contributed by atoms with E-state index in [2.05, 4.69) is 27.4 Å². The van der Waals surface area contributed by atoms with Crippen LogP contribution in [-0.2, 0) is 16.1 Å². The summed E-state index contributed by atoms with van der Waals surface area (Å²) in [5, 5.41) is 0. The smallest absolute Gasteiger partial charge is 0.351 e. The lowest BCUT2D eigenvalue weighted by atomic mass is 9.82. The zero-order valence-corrected chi connectivity index (χ0v) is 19.0. The van der Waals surface area contributed by atoms with Gasteiger partial charge >= 0.3 is 11.7 Å². The average molecular weight is 453 g/mol. The minimum Gasteiger partial charge on any atom is -0.497 e. The molecule has 10 nitrogen and oxygen atoms in total. The van der Waals surface area contributed by atoms with Gasteiger partial charge in [0.15, 0.2) is 5.82 Å². The highest BCUT2D eigenvalue weighted by atomic mass is 16.5. The second kappa shape index (κ2) is 10.1. The molecular formula is C23H27N5O5. The Morgan fingerprint density at radius 2 is 2.09 bits per heavy atom. The third-order valence-electron chi connectivity index (χ3n) is 5.36. The summed E-state index contributed by atoms with van der Waals surface area (Å²) in [7, 11) is 1.51. The SMILES string of the molecule is C=CCn1c2c(c(NNC(=O)c3cccc(OC)c3)nc1=O)C(C)C(C(=O)OCC)C(C)=N2. The molecule has 0 bridgehead atoms. The molecular weight excluding hydrogens is 426 g/mol. The highest BCUT2D eigenvalue weighted by Crippen LogP contribution is 2.41. The molecule has 1 aromatic heterocycles. The summed E-state index contributed by atoms with van der Waals surface area (Å²) in [6.07, 6.45) is 1.56. The molecule has 0 radical (unpaired) electrons. The Labute approximate surface area is 191 Å². The standard InChI is InChI=1S/C23H27N5O5/c1-6-11-28-20-18(13(3)17(14(4)24-20)22(30)33-7-2)19(25-23(28)31)26-27-21(29)15-9-8-10-16(12-15)32-5/h6,8-10,12-13,17H,1,7,11H2,2-5H3,(H,27,29)(H,25,26,31). The number of nitrogens with zero attached hydrogens (tertiary/aromatic N) is 3. The molecule has 2 N–H and O–H groups in total. The van der Waals surface area contributed by atoms with Crippen molar-refractivity contribution < 1.29 is 19.1 Å². The van der Waals surface area contributed by atoms with Crippen LogP contribution in [0.15, 0.2) is 46.7 Å². The molecule has 0 saturated heterocycles. The number of fused-ring (bicyclic) bond motifs is 1. The number of benzene rings is 1. The third kappa shape index (κ3) is 4.79. The van der Waals surface area contributed by atoms with E-state index in [0.717, 1.165) is 0 Å². The Hall–Kier alpha value is -3.95. The summed E-state index contributed by atoms with van der Waals surface area (Å²) in [5.41, 5.74) is 6.13. The summed E-state index contributed by atoms with van der Waals surface area (Å²) >= 11 is 0. The highest BCUT2D eigenvalue weighted by Gasteiger charge is 2.38. The van der Waals surface area contributed by atoms with Crippen LogP contribution >= 0.6 is 0 Å². The first kappa shape index (κ1) is 23.7. The first-order chi connectivity index (χ1) is 15.8. The summed E-state index contributed by atoms with van der Waals surface area (Å²) in [6, 6.07) is 6.61. The number of hydrogen-bond acceptors (Lipinski definition) is 8. The van der Waals surface area contributed by atoms with Gasteiger partial charge < -0.3 is 9.47 Å². The van der Waals surface area contributed by atoms with Crippen molar-refractivity contribution in [3.05, 3.63) is 58.5 Å². The fraction of sp³-hybridized carbons (Fsp3) is 0.348. The van der Waals surface area contributed by atoms with E-state index in [9.17, 15) is 14.4 Å². The lowest BCUT2D eigenvalue weighted by molar-refractivity contribution is -0.146. The number of aliphatic imine (C=N–C) groups is 1. The molecule has 1 aromatic carbocycles. The lowest BCUT2D eigenvalue weighted by Gasteiger charge is -2.30. The van der Waals surface area contributed by atoms with E-state index in [1.54, 1.807) is 44.2 Å². The Morgan fingerprint density at radius 3 is 2.76 bits per heavy atom. The van der Waals surface area contributed by atoms with Crippen molar-refractivity contribution >= 4 is 29.2 Å². The van der Waals surface area contributed by atoms with Crippen LogP contribution in [0.25, 0.3) is 0 Å². The minimum absolute atomic E-state index is 0.115. The van der Waals surface area contributed by atoms with Gasteiger partial charge in [-0.05, 0) is 32.0 Å². The van der Waals surface area contributed by atoms with Gasteiger partial charge in [0.2, 0.25) is 0 Å². The maximum Gasteiger partial charge on any atom is 0.351 e. The molecule has 2 aromatic rings. The van der Waals surface area contributed by atoms with Crippen LogP contribution in [0.4, 0.5) is 11.6 Å². The average Bonchev–Trinajstić information content (AvgIpc) is 2.79. The molecule has 33 heavy (non-hydrogen) atoms. The fourth-order valence-electron chi connectivity index (χ4n) is 3.81. The van der Waals surface area contributed by atoms with Gasteiger partial charge in [0.1, 0.15) is 17.5 Å². The molecule has 1 amide bonds. The number of hydrogen-bond donors (Lipinski definition) is 2. The molecule has 0 fully saturated rings. The number of nitrogens with one attached hydrogen (secondary N) is 2. The van der Waals surface area contributed by atoms with Gasteiger partial charge in [0.25, 0.3) is 5.91 Å². The molecule has 174 valence electrons. The Morgan fingerprint density at radius 1 is 1.33 bits per heavy atom. The van der Waals surface area contributed by atoms with Crippen LogP contribution in [0, 0.1) is 5.92 Å². The summed E-state index contributed by atoms with van der Waals surface area (Å²) < 4.78 is 11.8. The maximum atomic E-state index is 12.7. The number of carbonyl (C=O) groups excluding carboxylic acids is 2. The molecule has 1 aliphatic rings. The predicted octanol–water partition coefficient (Wildman–Crippen LogP) is 2.58. The van der Waals surface area contributed by atoms with Gasteiger partial charge in [-0.2, -0.15) is 4.98 Å². The first-order valence-electron chi connectivity index (χ1n) is 10.5. The van der Waals surface area contributed by atoms with Crippen molar-refractivity contribution in [1.82, 2.24) is 15.0 Å². The van der Waals surface area contributed by atoms with Gasteiger partial charge in [-0.25, -0.2) is 9.79 Å². The number of hydrazine groups is 1. The zero-order chi connectivity index (χ0) is 24.1. The van der Waals surface area contributed by atoms with E-state index >= 15 is 0 Å². The maximum absolute atomic E-state index is 12.7. The predicted molar refractivity (Wildman–Crippen MR) is 124 cm³/mol. The number of aromatic nitrogens is 2. The van der Waals surface area contributed by atoms with Crippen molar-refractivity contribution in [2.45, 2.75) is 33.2 Å². The van der Waals surface area contributed by atoms with Gasteiger partial charge in [-0.15, -0.1) is 6.58 Å². The van der Waals surface area contributed by atoms with E-state index in [0.29, 0.717) is 28.4 Å². The second-order valence-corrected chi connectivity index (χ2v) is 7.46. The molecule has 1 aliphatic heterocycles. The molecule has 2 atom stereocenters. The number of esters is 1. The molecule has 3 rings (SSSR count). The van der Waals surface area contributed by atoms with Gasteiger partial charge in [0, 0.05) is 29.3 Å². The van der Waals surface area contributed by atoms with Crippen LogP contribution in [-0.4, -0.2) is 40.9 Å². The largest absolute Gasteiger partial charge is 0.497 e. The number of anilines is 1. The summed E-state index contributed by atoms with van der Waals surface area (Å²) in [5.74, 6) is -0.931. The quantitative estimate of drug-likeness (QED) is 0.358. The van der Waals surface area contributed by atoms with Crippen molar-refractivity contribution in [3.8, 4) is 5.75 Å². The minimum atomic E-state index is -0.649. The lowest BCUT2D eigenvalue weighted by Crippen LogP contribution is -2.37. The van der Waals surface area contributed by atoms with Gasteiger partial charge in [0.05, 0.1) is 13.7 Å². The zero-order valence-electron chi connectivity index (χ0n) is 19.0. The normalized spacial score (nSPS) is 16.8. The van der Waals surface area contributed by atoms with E-state index < -0.39 is 29.4 Å². The Balaban J connectivity index is 2.01. The van der Waals surface area contributed by atoms with E-state index in [4.69, 9.17) is 9.47 Å². The van der Waals surface area contributed by atoms with Crippen molar-refractivity contribution in [3.63, 3.8) is 0 Å². The van der Waals surface area contributed by atoms with Crippen LogP contribution in [0.3, 0.4) is 0 Å².